The Bertz CT molecular complexity index is 473. The Morgan fingerprint density at radius 3 is 3.00 bits per heavy atom. The van der Waals surface area contributed by atoms with Crippen LogP contribution in [0.5, 0.6) is 0 Å². The molecule has 2 rings (SSSR count). The number of nitrogens with one attached hydrogen (secondary N) is 1. The molecule has 1 heterocycles. The highest BCUT2D eigenvalue weighted by Gasteiger charge is 2.24. The summed E-state index contributed by atoms with van der Waals surface area (Å²) in [6.45, 7) is 4.05. The van der Waals surface area contributed by atoms with Crippen molar-refractivity contribution in [2.45, 2.75) is 13.8 Å². The zero-order valence-electron chi connectivity index (χ0n) is 9.77. The van der Waals surface area contributed by atoms with E-state index in [2.05, 4.69) is 10.4 Å². The number of amides is 1. The molecule has 0 saturated heterocycles. The first-order valence-electron chi connectivity index (χ1n) is 5.45. The summed E-state index contributed by atoms with van der Waals surface area (Å²) in [4.78, 5) is 11.0. The van der Waals surface area contributed by atoms with Gasteiger partial charge in [-0.3, -0.25) is 9.80 Å². The molecule has 1 amide bonds. The van der Waals surface area contributed by atoms with Gasteiger partial charge < -0.3 is 5.32 Å². The van der Waals surface area contributed by atoms with Crippen LogP contribution in [0.25, 0.3) is 0 Å². The molecule has 0 fully saturated rings. The number of anilines is 1. The Balaban J connectivity index is 2.19. The van der Waals surface area contributed by atoms with Crippen LogP contribution in [0, 0.1) is 11.7 Å². The third-order valence-corrected chi connectivity index (χ3v) is 2.55. The molecule has 1 aliphatic heterocycles. The summed E-state index contributed by atoms with van der Waals surface area (Å²) in [7, 11) is 0. The maximum atomic E-state index is 13.1. The molecule has 0 spiro atoms. The van der Waals surface area contributed by atoms with Gasteiger partial charge in [-0.15, -0.1) is 0 Å². The zero-order chi connectivity index (χ0) is 12.4. The summed E-state index contributed by atoms with van der Waals surface area (Å²) >= 11 is 0. The van der Waals surface area contributed by atoms with E-state index in [1.165, 1.54) is 19.1 Å². The Hall–Kier alpha value is -1.91. The van der Waals surface area contributed by atoms with Gasteiger partial charge in [-0.05, 0) is 18.2 Å². The van der Waals surface area contributed by atoms with E-state index in [0.717, 1.165) is 0 Å². The quantitative estimate of drug-likeness (QED) is 0.805. The van der Waals surface area contributed by atoms with Crippen LogP contribution >= 0.6 is 0 Å². The van der Waals surface area contributed by atoms with Crippen molar-refractivity contribution in [3.05, 3.63) is 30.1 Å². The van der Waals surface area contributed by atoms with E-state index < -0.39 is 0 Å². The van der Waals surface area contributed by atoms with Gasteiger partial charge in [0.15, 0.2) is 0 Å². The van der Waals surface area contributed by atoms with E-state index in [0.29, 0.717) is 18.1 Å². The maximum absolute atomic E-state index is 13.1. The fourth-order valence-corrected chi connectivity index (χ4v) is 1.74. The van der Waals surface area contributed by atoms with Gasteiger partial charge in [0.1, 0.15) is 11.7 Å². The molecule has 0 aromatic heterocycles. The van der Waals surface area contributed by atoms with Gasteiger partial charge >= 0.3 is 0 Å². The molecule has 4 nitrogen and oxygen atoms in total. The minimum Gasteiger partial charge on any atom is -0.313 e. The molecule has 0 radical (unpaired) electrons. The SMILES string of the molecule is CC(=O)NC1=NN(c2cccc(F)c2)CC1C. The van der Waals surface area contributed by atoms with Crippen LogP contribution in [0.4, 0.5) is 10.1 Å². The lowest BCUT2D eigenvalue weighted by Gasteiger charge is -2.13. The van der Waals surface area contributed by atoms with Gasteiger partial charge in [-0.25, -0.2) is 4.39 Å². The lowest BCUT2D eigenvalue weighted by atomic mass is 10.1. The van der Waals surface area contributed by atoms with Crippen molar-refractivity contribution in [1.82, 2.24) is 5.32 Å². The van der Waals surface area contributed by atoms with Crippen LogP contribution in [-0.2, 0) is 4.79 Å². The molecule has 0 bridgehead atoms. The summed E-state index contributed by atoms with van der Waals surface area (Å²) in [6.07, 6.45) is 0. The van der Waals surface area contributed by atoms with Gasteiger partial charge in [0, 0.05) is 12.8 Å². The Labute approximate surface area is 99.1 Å². The number of hydrazone groups is 1. The van der Waals surface area contributed by atoms with E-state index in [1.807, 2.05) is 6.92 Å². The standard InChI is InChI=1S/C12H14FN3O/c1-8-7-16(15-12(8)14-9(2)17)11-5-3-4-10(13)6-11/h3-6,8H,7H2,1-2H3,(H,14,15,17). The molecule has 0 aliphatic carbocycles. The van der Waals surface area contributed by atoms with Crippen LogP contribution in [-0.4, -0.2) is 18.3 Å². The fraction of sp³-hybridized carbons (Fsp3) is 0.333. The topological polar surface area (TPSA) is 44.7 Å². The second-order valence-corrected chi connectivity index (χ2v) is 4.13. The number of amidine groups is 1. The lowest BCUT2D eigenvalue weighted by molar-refractivity contribution is -0.117. The first-order chi connectivity index (χ1) is 8.06. The maximum Gasteiger partial charge on any atom is 0.222 e. The number of hydrogen-bond acceptors (Lipinski definition) is 3. The molecule has 1 unspecified atom stereocenters. The van der Waals surface area contributed by atoms with Crippen LogP contribution < -0.4 is 10.3 Å². The van der Waals surface area contributed by atoms with Crippen LogP contribution in [0.3, 0.4) is 0 Å². The molecule has 1 aromatic carbocycles. The molecular formula is C12H14FN3O. The molecule has 1 aromatic rings. The number of benzene rings is 1. The summed E-state index contributed by atoms with van der Waals surface area (Å²) in [5.74, 6) is 0.318. The van der Waals surface area contributed by atoms with Crippen molar-refractivity contribution in [1.29, 1.82) is 0 Å². The predicted molar refractivity (Wildman–Crippen MR) is 64.2 cm³/mol. The highest BCUT2D eigenvalue weighted by Crippen LogP contribution is 2.22. The monoisotopic (exact) mass is 235 g/mol. The number of carbonyl (C=O) groups excluding carboxylic acids is 1. The van der Waals surface area contributed by atoms with Crippen molar-refractivity contribution in [2.75, 3.05) is 11.6 Å². The second kappa shape index (κ2) is 4.53. The van der Waals surface area contributed by atoms with Crippen molar-refractivity contribution in [3.63, 3.8) is 0 Å². The summed E-state index contributed by atoms with van der Waals surface area (Å²) in [5, 5.41) is 8.65. The number of rotatable bonds is 1. The summed E-state index contributed by atoms with van der Waals surface area (Å²) < 4.78 is 13.1. The second-order valence-electron chi connectivity index (χ2n) is 4.13. The number of halogens is 1. The highest BCUT2D eigenvalue weighted by atomic mass is 19.1. The fourth-order valence-electron chi connectivity index (χ4n) is 1.74. The van der Waals surface area contributed by atoms with E-state index in [9.17, 15) is 9.18 Å². The molecule has 0 saturated carbocycles. The zero-order valence-corrected chi connectivity index (χ0v) is 9.77. The van der Waals surface area contributed by atoms with Crippen LogP contribution in [0.1, 0.15) is 13.8 Å². The van der Waals surface area contributed by atoms with E-state index >= 15 is 0 Å². The van der Waals surface area contributed by atoms with Crippen molar-refractivity contribution in [2.24, 2.45) is 11.0 Å². The number of nitrogens with zero attached hydrogens (tertiary/aromatic N) is 2. The smallest absolute Gasteiger partial charge is 0.222 e. The summed E-state index contributed by atoms with van der Waals surface area (Å²) in [6, 6.07) is 6.24. The van der Waals surface area contributed by atoms with E-state index in [4.69, 9.17) is 0 Å². The Morgan fingerprint density at radius 1 is 1.59 bits per heavy atom. The average Bonchev–Trinajstić information content (AvgIpc) is 2.59. The number of hydrogen-bond donors (Lipinski definition) is 1. The minimum atomic E-state index is -0.293. The van der Waals surface area contributed by atoms with Gasteiger partial charge in [0.05, 0.1) is 12.2 Å². The molecule has 1 aliphatic rings. The normalized spacial score (nSPS) is 19.1. The van der Waals surface area contributed by atoms with Crippen molar-refractivity contribution in [3.8, 4) is 0 Å². The molecule has 17 heavy (non-hydrogen) atoms. The predicted octanol–water partition coefficient (Wildman–Crippen LogP) is 1.73. The minimum absolute atomic E-state index is 0.127. The molecule has 1 N–H and O–H groups in total. The van der Waals surface area contributed by atoms with Crippen LogP contribution in [0.15, 0.2) is 29.4 Å². The lowest BCUT2D eigenvalue weighted by Crippen LogP contribution is -2.31. The molecule has 5 heteroatoms. The van der Waals surface area contributed by atoms with Crippen LogP contribution in [0.2, 0.25) is 0 Å². The Morgan fingerprint density at radius 2 is 2.35 bits per heavy atom. The summed E-state index contributed by atoms with van der Waals surface area (Å²) in [5.41, 5.74) is 0.692. The van der Waals surface area contributed by atoms with E-state index in [1.54, 1.807) is 17.1 Å². The van der Waals surface area contributed by atoms with Gasteiger partial charge in [0.2, 0.25) is 5.91 Å². The van der Waals surface area contributed by atoms with E-state index in [-0.39, 0.29) is 17.6 Å². The molecule has 1 atom stereocenters. The largest absolute Gasteiger partial charge is 0.313 e. The number of carbonyl (C=O) groups is 1. The Kier molecular flexibility index (Phi) is 3.08. The first-order valence-corrected chi connectivity index (χ1v) is 5.45. The van der Waals surface area contributed by atoms with Gasteiger partial charge in [-0.2, -0.15) is 5.10 Å². The third-order valence-electron chi connectivity index (χ3n) is 2.55. The first kappa shape index (κ1) is 11.6. The molecular weight excluding hydrogens is 221 g/mol. The molecule has 90 valence electrons. The van der Waals surface area contributed by atoms with Crippen molar-refractivity contribution < 1.29 is 9.18 Å². The van der Waals surface area contributed by atoms with Crippen molar-refractivity contribution >= 4 is 17.4 Å². The van der Waals surface area contributed by atoms with Gasteiger partial charge in [-0.1, -0.05) is 13.0 Å². The average molecular weight is 235 g/mol. The highest BCUT2D eigenvalue weighted by molar-refractivity contribution is 6.00. The third kappa shape index (κ3) is 2.61. The van der Waals surface area contributed by atoms with Gasteiger partial charge in [0.25, 0.3) is 0 Å².